The maximum absolute atomic E-state index is 12.3. The molecule has 1 aromatic heterocycles. The van der Waals surface area contributed by atoms with E-state index in [-0.39, 0.29) is 12.1 Å². The summed E-state index contributed by atoms with van der Waals surface area (Å²) < 4.78 is 7.13. The first-order chi connectivity index (χ1) is 9.85. The molecule has 5 heteroatoms. The Morgan fingerprint density at radius 1 is 1.33 bits per heavy atom. The number of benzene rings is 1. The average Bonchev–Trinajstić information content (AvgIpc) is 2.67. The van der Waals surface area contributed by atoms with Gasteiger partial charge in [0.1, 0.15) is 6.04 Å². The van der Waals surface area contributed by atoms with E-state index in [9.17, 15) is 4.79 Å². The molecule has 2 N–H and O–H groups in total. The van der Waals surface area contributed by atoms with Crippen LogP contribution in [0.1, 0.15) is 44.4 Å². The predicted molar refractivity (Wildman–Crippen MR) is 84.2 cm³/mol. The Morgan fingerprint density at radius 3 is 2.52 bits per heavy atom. The van der Waals surface area contributed by atoms with E-state index in [1.807, 2.05) is 46.8 Å². The van der Waals surface area contributed by atoms with Gasteiger partial charge in [-0.05, 0) is 57.4 Å². The third kappa shape index (κ3) is 2.86. The third-order valence-corrected chi connectivity index (χ3v) is 3.65. The molecule has 0 aliphatic heterocycles. The predicted octanol–water partition coefficient (Wildman–Crippen LogP) is 3.14. The van der Waals surface area contributed by atoms with E-state index in [4.69, 9.17) is 10.5 Å². The van der Waals surface area contributed by atoms with Crippen molar-refractivity contribution in [1.82, 2.24) is 9.55 Å². The molecule has 0 bridgehead atoms. The molecule has 0 aliphatic carbocycles. The van der Waals surface area contributed by atoms with Crippen molar-refractivity contribution in [3.63, 3.8) is 0 Å². The first-order valence-corrected chi connectivity index (χ1v) is 7.30. The number of esters is 1. The van der Waals surface area contributed by atoms with Crippen molar-refractivity contribution in [2.45, 2.75) is 53.2 Å². The van der Waals surface area contributed by atoms with Crippen LogP contribution in [0.4, 0.5) is 5.95 Å². The second kappa shape index (κ2) is 5.76. The van der Waals surface area contributed by atoms with E-state index >= 15 is 0 Å². The number of aryl methyl sites for hydroxylation is 2. The molecule has 0 saturated heterocycles. The Kier molecular flexibility index (Phi) is 4.21. The number of imidazole rings is 1. The van der Waals surface area contributed by atoms with Crippen molar-refractivity contribution in [3.05, 3.63) is 23.3 Å². The molecule has 1 unspecified atom stereocenters. The topological polar surface area (TPSA) is 70.1 Å². The lowest BCUT2D eigenvalue weighted by Gasteiger charge is -2.19. The molecule has 0 fully saturated rings. The van der Waals surface area contributed by atoms with Gasteiger partial charge in [-0.15, -0.1) is 0 Å². The van der Waals surface area contributed by atoms with Gasteiger partial charge in [-0.25, -0.2) is 9.78 Å². The number of aromatic nitrogens is 2. The van der Waals surface area contributed by atoms with E-state index in [0.29, 0.717) is 12.4 Å². The molecule has 1 heterocycles. The van der Waals surface area contributed by atoms with Crippen LogP contribution in [-0.4, -0.2) is 21.6 Å². The molecule has 21 heavy (non-hydrogen) atoms. The van der Waals surface area contributed by atoms with Gasteiger partial charge in [0.05, 0.1) is 17.1 Å². The second-order valence-corrected chi connectivity index (χ2v) is 5.67. The smallest absolute Gasteiger partial charge is 0.329 e. The summed E-state index contributed by atoms with van der Waals surface area (Å²) in [5.74, 6) is 0.0827. The summed E-state index contributed by atoms with van der Waals surface area (Å²) >= 11 is 0. The fourth-order valence-electron chi connectivity index (χ4n) is 2.46. The third-order valence-electron chi connectivity index (χ3n) is 3.65. The lowest BCUT2D eigenvalue weighted by atomic mass is 10.1. The van der Waals surface area contributed by atoms with Crippen molar-refractivity contribution < 1.29 is 9.53 Å². The molecule has 0 spiro atoms. The van der Waals surface area contributed by atoms with E-state index in [1.165, 1.54) is 0 Å². The SMILES string of the molecule is CCC(C(=O)OC(C)C)n1c(N)nc2cc(C)c(C)cc21. The van der Waals surface area contributed by atoms with Crippen LogP contribution in [0.3, 0.4) is 0 Å². The van der Waals surface area contributed by atoms with Crippen molar-refractivity contribution >= 4 is 23.0 Å². The van der Waals surface area contributed by atoms with Crippen molar-refractivity contribution in [3.8, 4) is 0 Å². The minimum absolute atomic E-state index is 0.147. The standard InChI is InChI=1S/C16H23N3O2/c1-6-13(15(20)21-9(2)3)19-14-8-11(5)10(4)7-12(14)18-16(19)17/h7-9,13H,6H2,1-5H3,(H2,17,18). The number of fused-ring (bicyclic) bond motifs is 1. The number of nitrogen functional groups attached to an aromatic ring is 1. The molecule has 0 radical (unpaired) electrons. The van der Waals surface area contributed by atoms with Crippen LogP contribution >= 0.6 is 0 Å². The number of carbonyl (C=O) groups is 1. The van der Waals surface area contributed by atoms with Crippen LogP contribution in [0.25, 0.3) is 11.0 Å². The van der Waals surface area contributed by atoms with Crippen LogP contribution in [0, 0.1) is 13.8 Å². The molecule has 0 saturated carbocycles. The number of anilines is 1. The summed E-state index contributed by atoms with van der Waals surface area (Å²) in [5.41, 5.74) is 10.0. The van der Waals surface area contributed by atoms with Gasteiger partial charge in [-0.3, -0.25) is 4.57 Å². The van der Waals surface area contributed by atoms with Crippen molar-refractivity contribution in [2.24, 2.45) is 0 Å². The lowest BCUT2D eigenvalue weighted by molar-refractivity contribution is -0.151. The summed E-state index contributed by atoms with van der Waals surface area (Å²) in [4.78, 5) is 16.7. The number of nitrogens with two attached hydrogens (primary N) is 1. The normalized spacial score (nSPS) is 12.9. The van der Waals surface area contributed by atoms with E-state index in [2.05, 4.69) is 4.98 Å². The number of nitrogens with zero attached hydrogens (tertiary/aromatic N) is 2. The Balaban J connectivity index is 2.55. The average molecular weight is 289 g/mol. The molecule has 2 rings (SSSR count). The Labute approximate surface area is 125 Å². The highest BCUT2D eigenvalue weighted by Crippen LogP contribution is 2.28. The largest absolute Gasteiger partial charge is 0.461 e. The Bertz CT molecular complexity index is 674. The lowest BCUT2D eigenvalue weighted by Crippen LogP contribution is -2.25. The maximum atomic E-state index is 12.3. The van der Waals surface area contributed by atoms with Gasteiger partial charge in [0.2, 0.25) is 5.95 Å². The second-order valence-electron chi connectivity index (χ2n) is 5.67. The molecule has 1 atom stereocenters. The molecular formula is C16H23N3O2. The highest BCUT2D eigenvalue weighted by atomic mass is 16.5. The van der Waals surface area contributed by atoms with Crippen LogP contribution in [0.2, 0.25) is 0 Å². The van der Waals surface area contributed by atoms with Crippen LogP contribution in [0.15, 0.2) is 12.1 Å². The van der Waals surface area contributed by atoms with E-state index in [1.54, 1.807) is 4.57 Å². The highest BCUT2D eigenvalue weighted by Gasteiger charge is 2.25. The number of hydrogen-bond acceptors (Lipinski definition) is 4. The van der Waals surface area contributed by atoms with Gasteiger partial charge in [-0.2, -0.15) is 0 Å². The fraction of sp³-hybridized carbons (Fsp3) is 0.500. The van der Waals surface area contributed by atoms with Crippen LogP contribution < -0.4 is 5.73 Å². The molecule has 0 aliphatic rings. The van der Waals surface area contributed by atoms with Gasteiger partial charge in [0.15, 0.2) is 0 Å². The summed E-state index contributed by atoms with van der Waals surface area (Å²) in [5, 5.41) is 0. The van der Waals surface area contributed by atoms with E-state index < -0.39 is 6.04 Å². The minimum Gasteiger partial charge on any atom is -0.461 e. The number of hydrogen-bond donors (Lipinski definition) is 1. The van der Waals surface area contributed by atoms with Gasteiger partial charge < -0.3 is 10.5 Å². The van der Waals surface area contributed by atoms with Gasteiger partial charge in [0.25, 0.3) is 0 Å². The first-order valence-electron chi connectivity index (χ1n) is 7.30. The summed E-state index contributed by atoms with van der Waals surface area (Å²) in [6.45, 7) is 9.70. The van der Waals surface area contributed by atoms with Gasteiger partial charge >= 0.3 is 5.97 Å². The quantitative estimate of drug-likeness (QED) is 0.878. The zero-order chi connectivity index (χ0) is 15.7. The highest BCUT2D eigenvalue weighted by molar-refractivity contribution is 5.84. The molecule has 1 aromatic carbocycles. The number of ether oxygens (including phenoxy) is 1. The zero-order valence-corrected chi connectivity index (χ0v) is 13.3. The Morgan fingerprint density at radius 2 is 1.95 bits per heavy atom. The summed E-state index contributed by atoms with van der Waals surface area (Å²) in [6, 6.07) is 3.58. The molecule has 114 valence electrons. The molecule has 2 aromatic rings. The molecule has 0 amide bonds. The van der Waals surface area contributed by atoms with Crippen LogP contribution in [0.5, 0.6) is 0 Å². The Hall–Kier alpha value is -2.04. The van der Waals surface area contributed by atoms with Crippen LogP contribution in [-0.2, 0) is 9.53 Å². The summed E-state index contributed by atoms with van der Waals surface area (Å²) in [6.07, 6.45) is 0.459. The van der Waals surface area contributed by atoms with Crippen molar-refractivity contribution in [1.29, 1.82) is 0 Å². The summed E-state index contributed by atoms with van der Waals surface area (Å²) in [7, 11) is 0. The first kappa shape index (κ1) is 15.4. The molecular weight excluding hydrogens is 266 g/mol. The molecule has 5 nitrogen and oxygen atoms in total. The van der Waals surface area contributed by atoms with E-state index in [0.717, 1.165) is 22.2 Å². The number of rotatable bonds is 4. The fourth-order valence-corrected chi connectivity index (χ4v) is 2.46. The zero-order valence-electron chi connectivity index (χ0n) is 13.3. The number of carbonyl (C=O) groups excluding carboxylic acids is 1. The van der Waals surface area contributed by atoms with Gasteiger partial charge in [0, 0.05) is 0 Å². The minimum atomic E-state index is -0.445. The van der Waals surface area contributed by atoms with Gasteiger partial charge in [-0.1, -0.05) is 6.92 Å². The monoisotopic (exact) mass is 289 g/mol. The van der Waals surface area contributed by atoms with Crippen molar-refractivity contribution in [2.75, 3.05) is 5.73 Å². The maximum Gasteiger partial charge on any atom is 0.329 e.